The molecular weight excluding hydrogens is 158 g/mol. The van der Waals surface area contributed by atoms with Gasteiger partial charge in [0.25, 0.3) is 0 Å². The number of rotatable bonds is 0. The summed E-state index contributed by atoms with van der Waals surface area (Å²) in [5, 5.41) is 8.72. The Kier molecular flexibility index (Phi) is 1.53. The molecule has 0 heterocycles. The molecule has 64 valence electrons. The fraction of sp³-hybridized carbons (Fsp3) is 0.250. The second-order valence-electron chi connectivity index (χ2n) is 3.97. The van der Waals surface area contributed by atoms with Crippen LogP contribution in [0.1, 0.15) is 30.5 Å². The van der Waals surface area contributed by atoms with E-state index < -0.39 is 0 Å². The summed E-state index contributed by atoms with van der Waals surface area (Å²) in [7, 11) is 0. The van der Waals surface area contributed by atoms with Crippen LogP contribution in [0.25, 0.3) is 6.08 Å². The van der Waals surface area contributed by atoms with E-state index in [4.69, 9.17) is 5.26 Å². The summed E-state index contributed by atoms with van der Waals surface area (Å²) in [4.78, 5) is 0. The average Bonchev–Trinajstić information content (AvgIpc) is 2.42. The minimum Gasteiger partial charge on any atom is -0.192 e. The van der Waals surface area contributed by atoms with Gasteiger partial charge in [0.05, 0.1) is 11.6 Å². The highest BCUT2D eigenvalue weighted by molar-refractivity contribution is 5.66. The van der Waals surface area contributed by atoms with Crippen molar-refractivity contribution < 1.29 is 0 Å². The standard InChI is InChI=1S/C12H11N/c1-12(2)6-5-10-7-9(8-13)3-4-11(10)12/h3-7H,1-2H3. The Hall–Kier alpha value is -1.55. The first-order valence-corrected chi connectivity index (χ1v) is 4.37. The molecular formula is C12H11N. The van der Waals surface area contributed by atoms with Crippen LogP contribution >= 0.6 is 0 Å². The van der Waals surface area contributed by atoms with Crippen LogP contribution in [0, 0.1) is 11.3 Å². The number of fused-ring (bicyclic) bond motifs is 1. The molecule has 0 amide bonds. The summed E-state index contributed by atoms with van der Waals surface area (Å²) in [5.74, 6) is 0. The van der Waals surface area contributed by atoms with Gasteiger partial charge in [-0.05, 0) is 23.3 Å². The van der Waals surface area contributed by atoms with Gasteiger partial charge in [0, 0.05) is 5.41 Å². The van der Waals surface area contributed by atoms with Crippen LogP contribution in [-0.4, -0.2) is 0 Å². The van der Waals surface area contributed by atoms with Gasteiger partial charge in [0.2, 0.25) is 0 Å². The maximum absolute atomic E-state index is 8.72. The van der Waals surface area contributed by atoms with Crippen molar-refractivity contribution in [1.29, 1.82) is 5.26 Å². The lowest BCUT2D eigenvalue weighted by Crippen LogP contribution is -2.10. The molecule has 0 bridgehead atoms. The molecule has 0 aliphatic heterocycles. The van der Waals surface area contributed by atoms with Gasteiger partial charge in [-0.1, -0.05) is 32.1 Å². The summed E-state index contributed by atoms with van der Waals surface area (Å²) in [6.45, 7) is 4.36. The predicted molar refractivity (Wildman–Crippen MR) is 53.2 cm³/mol. The van der Waals surface area contributed by atoms with E-state index in [9.17, 15) is 0 Å². The molecule has 1 aliphatic rings. The van der Waals surface area contributed by atoms with E-state index in [-0.39, 0.29) is 5.41 Å². The molecule has 13 heavy (non-hydrogen) atoms. The van der Waals surface area contributed by atoms with Crippen LogP contribution < -0.4 is 0 Å². The Bertz CT molecular complexity index is 419. The summed E-state index contributed by atoms with van der Waals surface area (Å²) in [6.07, 6.45) is 4.27. The second kappa shape index (κ2) is 2.47. The number of nitriles is 1. The molecule has 0 saturated heterocycles. The number of hydrogen-bond donors (Lipinski definition) is 0. The third-order valence-corrected chi connectivity index (χ3v) is 2.55. The largest absolute Gasteiger partial charge is 0.192 e. The van der Waals surface area contributed by atoms with Crippen LogP contribution in [0.3, 0.4) is 0 Å². The SMILES string of the molecule is CC1(C)C=Cc2cc(C#N)ccc21. The van der Waals surface area contributed by atoms with Crippen molar-refractivity contribution in [1.82, 2.24) is 0 Å². The summed E-state index contributed by atoms with van der Waals surface area (Å²) in [6, 6.07) is 8.03. The minimum atomic E-state index is 0.128. The van der Waals surface area contributed by atoms with Crippen molar-refractivity contribution in [3.8, 4) is 6.07 Å². The number of benzene rings is 1. The van der Waals surface area contributed by atoms with E-state index >= 15 is 0 Å². The zero-order valence-electron chi connectivity index (χ0n) is 7.83. The van der Waals surface area contributed by atoms with Crippen LogP contribution in [-0.2, 0) is 5.41 Å². The van der Waals surface area contributed by atoms with Crippen molar-refractivity contribution >= 4 is 6.08 Å². The molecule has 0 N–H and O–H groups in total. The van der Waals surface area contributed by atoms with E-state index in [1.165, 1.54) is 11.1 Å². The molecule has 1 aromatic carbocycles. The van der Waals surface area contributed by atoms with Gasteiger partial charge in [-0.15, -0.1) is 0 Å². The van der Waals surface area contributed by atoms with Gasteiger partial charge in [-0.25, -0.2) is 0 Å². The van der Waals surface area contributed by atoms with Crippen molar-refractivity contribution in [2.24, 2.45) is 0 Å². The van der Waals surface area contributed by atoms with Gasteiger partial charge in [0.15, 0.2) is 0 Å². The molecule has 0 unspecified atom stereocenters. The van der Waals surface area contributed by atoms with Crippen LogP contribution in [0.2, 0.25) is 0 Å². The molecule has 0 radical (unpaired) electrons. The van der Waals surface area contributed by atoms with E-state index in [0.717, 1.165) is 5.56 Å². The summed E-state index contributed by atoms with van der Waals surface area (Å²) in [5.41, 5.74) is 3.36. The van der Waals surface area contributed by atoms with E-state index in [0.29, 0.717) is 0 Å². The van der Waals surface area contributed by atoms with Crippen LogP contribution in [0.5, 0.6) is 0 Å². The lowest BCUT2D eigenvalue weighted by Gasteiger charge is -2.17. The molecule has 2 rings (SSSR count). The van der Waals surface area contributed by atoms with Gasteiger partial charge < -0.3 is 0 Å². The fourth-order valence-electron chi connectivity index (χ4n) is 1.74. The molecule has 1 aliphatic carbocycles. The first kappa shape index (κ1) is 8.07. The molecule has 1 heteroatoms. The van der Waals surface area contributed by atoms with E-state index in [2.05, 4.69) is 32.1 Å². The molecule has 0 atom stereocenters. The van der Waals surface area contributed by atoms with Gasteiger partial charge in [-0.2, -0.15) is 5.26 Å². The minimum absolute atomic E-state index is 0.128. The highest BCUT2D eigenvalue weighted by Crippen LogP contribution is 2.35. The van der Waals surface area contributed by atoms with Gasteiger partial charge >= 0.3 is 0 Å². The van der Waals surface area contributed by atoms with Gasteiger partial charge in [-0.3, -0.25) is 0 Å². The normalized spacial score (nSPS) is 16.7. The lowest BCUT2D eigenvalue weighted by molar-refractivity contribution is 0.683. The smallest absolute Gasteiger partial charge is 0.0991 e. The highest BCUT2D eigenvalue weighted by Gasteiger charge is 2.24. The first-order valence-electron chi connectivity index (χ1n) is 4.37. The summed E-state index contributed by atoms with van der Waals surface area (Å²) < 4.78 is 0. The van der Waals surface area contributed by atoms with Crippen molar-refractivity contribution in [2.75, 3.05) is 0 Å². The van der Waals surface area contributed by atoms with E-state index in [1.54, 1.807) is 0 Å². The van der Waals surface area contributed by atoms with Crippen molar-refractivity contribution in [2.45, 2.75) is 19.3 Å². The average molecular weight is 169 g/mol. The Morgan fingerprint density at radius 2 is 2.08 bits per heavy atom. The Labute approximate surface area is 78.3 Å². The predicted octanol–water partition coefficient (Wildman–Crippen LogP) is 2.86. The first-order chi connectivity index (χ1) is 6.13. The summed E-state index contributed by atoms with van der Waals surface area (Å²) >= 11 is 0. The Morgan fingerprint density at radius 1 is 1.31 bits per heavy atom. The molecule has 1 nitrogen and oxygen atoms in total. The number of hydrogen-bond acceptors (Lipinski definition) is 1. The third kappa shape index (κ3) is 1.15. The quantitative estimate of drug-likeness (QED) is 0.585. The fourth-order valence-corrected chi connectivity index (χ4v) is 1.74. The van der Waals surface area contributed by atoms with Gasteiger partial charge in [0.1, 0.15) is 0 Å². The van der Waals surface area contributed by atoms with Crippen molar-refractivity contribution in [3.63, 3.8) is 0 Å². The Morgan fingerprint density at radius 3 is 2.77 bits per heavy atom. The molecule has 0 fully saturated rings. The Balaban J connectivity index is 2.60. The maximum Gasteiger partial charge on any atom is 0.0991 e. The molecule has 0 aromatic heterocycles. The zero-order valence-corrected chi connectivity index (χ0v) is 7.83. The van der Waals surface area contributed by atoms with Crippen LogP contribution in [0.4, 0.5) is 0 Å². The topological polar surface area (TPSA) is 23.8 Å². The van der Waals surface area contributed by atoms with E-state index in [1.807, 2.05) is 18.2 Å². The second-order valence-corrected chi connectivity index (χ2v) is 3.97. The lowest BCUT2D eigenvalue weighted by atomic mass is 9.87. The third-order valence-electron chi connectivity index (χ3n) is 2.55. The molecule has 1 aromatic rings. The van der Waals surface area contributed by atoms with Crippen molar-refractivity contribution in [3.05, 3.63) is 41.0 Å². The maximum atomic E-state index is 8.72. The molecule has 0 spiro atoms. The van der Waals surface area contributed by atoms with Crippen LogP contribution in [0.15, 0.2) is 24.3 Å². The zero-order chi connectivity index (χ0) is 9.47. The molecule has 0 saturated carbocycles. The number of allylic oxidation sites excluding steroid dienone is 1. The number of nitrogens with zero attached hydrogens (tertiary/aromatic N) is 1. The highest BCUT2D eigenvalue weighted by atomic mass is 14.3. The monoisotopic (exact) mass is 169 g/mol.